The van der Waals surface area contributed by atoms with E-state index in [-0.39, 0.29) is 18.4 Å². The van der Waals surface area contributed by atoms with E-state index in [4.69, 9.17) is 4.74 Å². The standard InChI is InChI=1S/C17H27N3O3/c1-3-4-5-9-16(21)19-14-7-6-8-15(12-14)20-17(22)13-18-10-11-23-2/h6-8,12,18H,3-5,9-11,13H2,1-2H3,(H,19,21)(H,20,22). The SMILES string of the molecule is CCCCCC(=O)Nc1cccc(NC(=O)CNCCOC)c1. The van der Waals surface area contributed by atoms with Gasteiger partial charge in [0, 0.05) is 31.5 Å². The minimum atomic E-state index is -0.132. The zero-order chi connectivity index (χ0) is 16.9. The maximum Gasteiger partial charge on any atom is 0.238 e. The number of ether oxygens (including phenoxy) is 1. The molecular weight excluding hydrogens is 294 g/mol. The summed E-state index contributed by atoms with van der Waals surface area (Å²) in [6, 6.07) is 7.16. The van der Waals surface area contributed by atoms with E-state index in [0.29, 0.717) is 30.9 Å². The third-order valence-electron chi connectivity index (χ3n) is 3.21. The molecule has 0 unspecified atom stereocenters. The lowest BCUT2D eigenvalue weighted by Crippen LogP contribution is -2.30. The summed E-state index contributed by atoms with van der Waals surface area (Å²) in [5, 5.41) is 8.62. The Balaban J connectivity index is 2.40. The Hall–Kier alpha value is -1.92. The molecule has 1 aromatic rings. The normalized spacial score (nSPS) is 10.3. The van der Waals surface area contributed by atoms with E-state index in [9.17, 15) is 9.59 Å². The fraction of sp³-hybridized carbons (Fsp3) is 0.529. The van der Waals surface area contributed by atoms with E-state index >= 15 is 0 Å². The second-order valence-corrected chi connectivity index (χ2v) is 5.30. The van der Waals surface area contributed by atoms with Crippen LogP contribution in [0.3, 0.4) is 0 Å². The molecule has 6 nitrogen and oxygen atoms in total. The number of amides is 2. The molecule has 1 aromatic carbocycles. The van der Waals surface area contributed by atoms with Crippen molar-refractivity contribution in [3.63, 3.8) is 0 Å². The third-order valence-corrected chi connectivity index (χ3v) is 3.21. The van der Waals surface area contributed by atoms with Gasteiger partial charge in [-0.3, -0.25) is 9.59 Å². The Morgan fingerprint density at radius 2 is 1.78 bits per heavy atom. The van der Waals surface area contributed by atoms with Gasteiger partial charge in [-0.15, -0.1) is 0 Å². The van der Waals surface area contributed by atoms with Crippen LogP contribution < -0.4 is 16.0 Å². The van der Waals surface area contributed by atoms with Gasteiger partial charge in [0.05, 0.1) is 13.2 Å². The number of unbranched alkanes of at least 4 members (excludes halogenated alkanes) is 2. The molecule has 0 atom stereocenters. The van der Waals surface area contributed by atoms with Gasteiger partial charge in [-0.2, -0.15) is 0 Å². The van der Waals surface area contributed by atoms with Gasteiger partial charge in [0.15, 0.2) is 0 Å². The first-order valence-electron chi connectivity index (χ1n) is 8.05. The zero-order valence-corrected chi connectivity index (χ0v) is 14.0. The number of hydrogen-bond acceptors (Lipinski definition) is 4. The van der Waals surface area contributed by atoms with Crippen molar-refractivity contribution in [2.24, 2.45) is 0 Å². The van der Waals surface area contributed by atoms with E-state index in [1.54, 1.807) is 25.3 Å². The van der Waals surface area contributed by atoms with Crippen LogP contribution in [-0.2, 0) is 14.3 Å². The smallest absolute Gasteiger partial charge is 0.238 e. The minimum absolute atomic E-state index is 0.00292. The molecule has 2 amide bonds. The fourth-order valence-corrected chi connectivity index (χ4v) is 2.02. The lowest BCUT2D eigenvalue weighted by molar-refractivity contribution is -0.116. The van der Waals surface area contributed by atoms with E-state index in [2.05, 4.69) is 22.9 Å². The third kappa shape index (κ3) is 8.95. The number of rotatable bonds is 11. The summed E-state index contributed by atoms with van der Waals surface area (Å²) in [6.45, 7) is 3.51. The number of carbonyl (C=O) groups is 2. The molecule has 0 saturated heterocycles. The Labute approximate surface area is 138 Å². The van der Waals surface area contributed by atoms with Crippen molar-refractivity contribution in [1.29, 1.82) is 0 Å². The summed E-state index contributed by atoms with van der Waals surface area (Å²) in [5.41, 5.74) is 1.35. The van der Waals surface area contributed by atoms with Gasteiger partial charge in [-0.25, -0.2) is 0 Å². The molecule has 1 rings (SSSR count). The fourth-order valence-electron chi connectivity index (χ4n) is 2.02. The monoisotopic (exact) mass is 321 g/mol. The van der Waals surface area contributed by atoms with Crippen molar-refractivity contribution in [2.75, 3.05) is 37.4 Å². The van der Waals surface area contributed by atoms with Crippen molar-refractivity contribution in [3.8, 4) is 0 Å². The van der Waals surface area contributed by atoms with Crippen LogP contribution in [-0.4, -0.2) is 38.6 Å². The van der Waals surface area contributed by atoms with Gasteiger partial charge in [-0.05, 0) is 24.6 Å². The summed E-state index contributed by atoms with van der Waals surface area (Å²) >= 11 is 0. The molecular formula is C17H27N3O3. The molecule has 0 bridgehead atoms. The molecule has 128 valence electrons. The van der Waals surface area contributed by atoms with Crippen LogP contribution in [0.15, 0.2) is 24.3 Å². The van der Waals surface area contributed by atoms with Gasteiger partial charge in [0.1, 0.15) is 0 Å². The number of hydrogen-bond donors (Lipinski definition) is 3. The number of nitrogens with one attached hydrogen (secondary N) is 3. The van der Waals surface area contributed by atoms with Crippen LogP contribution >= 0.6 is 0 Å². The van der Waals surface area contributed by atoms with Crippen molar-refractivity contribution in [1.82, 2.24) is 5.32 Å². The Kier molecular flexibility index (Phi) is 9.66. The van der Waals surface area contributed by atoms with Crippen molar-refractivity contribution < 1.29 is 14.3 Å². The first-order chi connectivity index (χ1) is 11.2. The predicted octanol–water partition coefficient (Wildman–Crippen LogP) is 2.38. The second-order valence-electron chi connectivity index (χ2n) is 5.30. The Bertz CT molecular complexity index is 492. The van der Waals surface area contributed by atoms with Crippen LogP contribution in [0.4, 0.5) is 11.4 Å². The molecule has 0 heterocycles. The maximum absolute atomic E-state index is 11.8. The summed E-state index contributed by atoms with van der Waals surface area (Å²) in [5.74, 6) is -0.129. The van der Waals surface area contributed by atoms with Crippen LogP contribution in [0.25, 0.3) is 0 Å². The summed E-state index contributed by atoms with van der Waals surface area (Å²) in [7, 11) is 1.61. The first kappa shape index (κ1) is 19.1. The van der Waals surface area contributed by atoms with E-state index in [1.165, 1.54) is 0 Å². The van der Waals surface area contributed by atoms with Crippen molar-refractivity contribution >= 4 is 23.2 Å². The Morgan fingerprint density at radius 1 is 1.09 bits per heavy atom. The molecule has 0 fully saturated rings. The van der Waals surface area contributed by atoms with Crippen LogP contribution in [0.2, 0.25) is 0 Å². The molecule has 0 aromatic heterocycles. The van der Waals surface area contributed by atoms with Gasteiger partial charge >= 0.3 is 0 Å². The zero-order valence-electron chi connectivity index (χ0n) is 14.0. The highest BCUT2D eigenvalue weighted by Crippen LogP contribution is 2.15. The number of anilines is 2. The van der Waals surface area contributed by atoms with Gasteiger partial charge < -0.3 is 20.7 Å². The quantitative estimate of drug-likeness (QED) is 0.547. The van der Waals surface area contributed by atoms with E-state index in [0.717, 1.165) is 19.3 Å². The molecule has 6 heteroatoms. The highest BCUT2D eigenvalue weighted by atomic mass is 16.5. The average Bonchev–Trinajstić information content (AvgIpc) is 2.52. The molecule has 0 saturated carbocycles. The molecule has 3 N–H and O–H groups in total. The topological polar surface area (TPSA) is 79.5 Å². The summed E-state index contributed by atoms with van der Waals surface area (Å²) < 4.78 is 4.90. The molecule has 0 aliphatic heterocycles. The number of carbonyl (C=O) groups excluding carboxylic acids is 2. The second kappa shape index (κ2) is 11.6. The number of benzene rings is 1. The first-order valence-corrected chi connectivity index (χ1v) is 8.05. The van der Waals surface area contributed by atoms with Gasteiger partial charge in [0.2, 0.25) is 11.8 Å². The van der Waals surface area contributed by atoms with Crippen molar-refractivity contribution in [3.05, 3.63) is 24.3 Å². The van der Waals surface area contributed by atoms with Crippen molar-refractivity contribution in [2.45, 2.75) is 32.6 Å². The van der Waals surface area contributed by atoms with Crippen LogP contribution in [0.1, 0.15) is 32.6 Å². The molecule has 0 radical (unpaired) electrons. The molecule has 23 heavy (non-hydrogen) atoms. The highest BCUT2D eigenvalue weighted by molar-refractivity contribution is 5.94. The van der Waals surface area contributed by atoms with Crippen LogP contribution in [0, 0.1) is 0 Å². The van der Waals surface area contributed by atoms with Crippen LogP contribution in [0.5, 0.6) is 0 Å². The lowest BCUT2D eigenvalue weighted by atomic mass is 10.2. The largest absolute Gasteiger partial charge is 0.383 e. The molecule has 0 aliphatic carbocycles. The van der Waals surface area contributed by atoms with E-state index in [1.807, 2.05) is 6.07 Å². The summed E-state index contributed by atoms with van der Waals surface area (Å²) in [4.78, 5) is 23.6. The maximum atomic E-state index is 11.8. The summed E-state index contributed by atoms with van der Waals surface area (Å²) in [6.07, 6.45) is 3.56. The van der Waals surface area contributed by atoms with E-state index < -0.39 is 0 Å². The average molecular weight is 321 g/mol. The predicted molar refractivity (Wildman–Crippen MR) is 92.6 cm³/mol. The molecule has 0 spiro atoms. The lowest BCUT2D eigenvalue weighted by Gasteiger charge is -2.09. The Morgan fingerprint density at radius 3 is 2.43 bits per heavy atom. The molecule has 0 aliphatic rings. The van der Waals surface area contributed by atoms with Gasteiger partial charge in [-0.1, -0.05) is 25.8 Å². The number of methoxy groups -OCH3 is 1. The van der Waals surface area contributed by atoms with Gasteiger partial charge in [0.25, 0.3) is 0 Å². The minimum Gasteiger partial charge on any atom is -0.383 e. The highest BCUT2D eigenvalue weighted by Gasteiger charge is 2.05.